The lowest BCUT2D eigenvalue weighted by Gasteiger charge is -1.95. The molecule has 9 heavy (non-hydrogen) atoms. The predicted molar refractivity (Wildman–Crippen MR) is 39.5 cm³/mol. The second-order valence-electron chi connectivity index (χ2n) is 1.90. The molecule has 1 N–H and O–H groups in total. The van der Waals surface area contributed by atoms with Gasteiger partial charge in [-0.15, -0.1) is 11.6 Å². The summed E-state index contributed by atoms with van der Waals surface area (Å²) in [5.74, 6) is 0.344. The Labute approximate surface area is 60.5 Å². The summed E-state index contributed by atoms with van der Waals surface area (Å²) < 4.78 is 0. The molecule has 0 aliphatic carbocycles. The van der Waals surface area contributed by atoms with Gasteiger partial charge in [-0.25, -0.2) is 0 Å². The van der Waals surface area contributed by atoms with Crippen molar-refractivity contribution in [1.29, 1.82) is 0 Å². The quantitative estimate of drug-likeness (QED) is 0.283. The van der Waals surface area contributed by atoms with E-state index in [0.717, 1.165) is 19.3 Å². The fourth-order valence-electron chi connectivity index (χ4n) is 0.524. The zero-order chi connectivity index (χ0) is 7.11. The molecule has 0 aromatic heterocycles. The average molecular weight is 150 g/mol. The zero-order valence-corrected chi connectivity index (χ0v) is 6.36. The summed E-state index contributed by atoms with van der Waals surface area (Å²) >= 11 is 5.41. The first-order valence-electron chi connectivity index (χ1n) is 3.11. The van der Waals surface area contributed by atoms with Gasteiger partial charge in [0, 0.05) is 0 Å². The Morgan fingerprint density at radius 1 is 1.67 bits per heavy atom. The lowest BCUT2D eigenvalue weighted by molar-refractivity contribution is 0.317. The molecule has 0 unspecified atom stereocenters. The number of halogens is 1. The molecule has 0 fully saturated rings. The van der Waals surface area contributed by atoms with Crippen LogP contribution in [0.1, 0.15) is 26.2 Å². The first kappa shape index (κ1) is 8.76. The molecule has 0 heterocycles. The van der Waals surface area contributed by atoms with Crippen LogP contribution < -0.4 is 0 Å². The summed E-state index contributed by atoms with van der Waals surface area (Å²) in [5, 5.41) is 11.3. The predicted octanol–water partition coefficient (Wildman–Crippen LogP) is 2.25. The van der Waals surface area contributed by atoms with Crippen LogP contribution in [-0.2, 0) is 0 Å². The Kier molecular flexibility index (Phi) is 5.73. The summed E-state index contributed by atoms with van der Waals surface area (Å²) in [7, 11) is 0. The molecule has 3 heteroatoms. The van der Waals surface area contributed by atoms with Gasteiger partial charge in [0.05, 0.1) is 11.6 Å². The SMILES string of the molecule is CCCC/C(CCl)=N/O. The summed E-state index contributed by atoms with van der Waals surface area (Å²) in [6.07, 6.45) is 2.97. The molecule has 54 valence electrons. The second-order valence-corrected chi connectivity index (χ2v) is 2.17. The summed E-state index contributed by atoms with van der Waals surface area (Å²) in [6, 6.07) is 0. The van der Waals surface area contributed by atoms with E-state index in [1.54, 1.807) is 0 Å². The molecule has 0 atom stereocenters. The van der Waals surface area contributed by atoms with Crippen molar-refractivity contribution in [3.63, 3.8) is 0 Å². The van der Waals surface area contributed by atoms with Crippen molar-refractivity contribution in [2.75, 3.05) is 5.88 Å². The number of alkyl halides is 1. The fourth-order valence-corrected chi connectivity index (χ4v) is 0.711. The van der Waals surface area contributed by atoms with Crippen LogP contribution in [0.5, 0.6) is 0 Å². The smallest absolute Gasteiger partial charge is 0.0718 e. The lowest BCUT2D eigenvalue weighted by Crippen LogP contribution is -1.98. The first-order valence-corrected chi connectivity index (χ1v) is 3.64. The number of hydrogen-bond acceptors (Lipinski definition) is 2. The van der Waals surface area contributed by atoms with Crippen LogP contribution >= 0.6 is 11.6 Å². The van der Waals surface area contributed by atoms with E-state index in [2.05, 4.69) is 12.1 Å². The molecular weight excluding hydrogens is 138 g/mol. The number of rotatable bonds is 4. The van der Waals surface area contributed by atoms with Gasteiger partial charge in [0.1, 0.15) is 0 Å². The molecule has 0 amide bonds. The van der Waals surface area contributed by atoms with E-state index in [0.29, 0.717) is 11.6 Å². The van der Waals surface area contributed by atoms with Crippen molar-refractivity contribution >= 4 is 17.3 Å². The normalized spacial score (nSPS) is 12.0. The van der Waals surface area contributed by atoms with E-state index in [1.807, 2.05) is 0 Å². The van der Waals surface area contributed by atoms with Gasteiger partial charge in [-0.05, 0) is 12.8 Å². The number of hydrogen-bond donors (Lipinski definition) is 1. The van der Waals surface area contributed by atoms with E-state index >= 15 is 0 Å². The van der Waals surface area contributed by atoms with Crippen molar-refractivity contribution in [3.8, 4) is 0 Å². The molecule has 2 nitrogen and oxygen atoms in total. The van der Waals surface area contributed by atoms with Crippen LogP contribution in [0.4, 0.5) is 0 Å². The van der Waals surface area contributed by atoms with Gasteiger partial charge in [0.25, 0.3) is 0 Å². The molecule has 0 aliphatic rings. The molecule has 0 bridgehead atoms. The van der Waals surface area contributed by atoms with Gasteiger partial charge >= 0.3 is 0 Å². The Bertz CT molecular complexity index is 93.1. The molecule has 0 saturated heterocycles. The molecule has 0 rings (SSSR count). The van der Waals surface area contributed by atoms with Crippen molar-refractivity contribution in [3.05, 3.63) is 0 Å². The van der Waals surface area contributed by atoms with Gasteiger partial charge in [0.15, 0.2) is 0 Å². The minimum atomic E-state index is 0.344. The van der Waals surface area contributed by atoms with Gasteiger partial charge in [-0.3, -0.25) is 0 Å². The van der Waals surface area contributed by atoms with E-state index in [9.17, 15) is 0 Å². The molecule has 0 aromatic rings. The second kappa shape index (κ2) is 5.89. The minimum absolute atomic E-state index is 0.344. The van der Waals surface area contributed by atoms with Gasteiger partial charge < -0.3 is 5.21 Å². The molecule has 0 saturated carbocycles. The third-order valence-electron chi connectivity index (χ3n) is 1.11. The number of oxime groups is 1. The Morgan fingerprint density at radius 3 is 2.67 bits per heavy atom. The Hall–Kier alpha value is -0.240. The van der Waals surface area contributed by atoms with Crippen molar-refractivity contribution in [2.24, 2.45) is 5.16 Å². The maximum atomic E-state index is 8.26. The fraction of sp³-hybridized carbons (Fsp3) is 0.833. The summed E-state index contributed by atoms with van der Waals surface area (Å²) in [6.45, 7) is 2.09. The van der Waals surface area contributed by atoms with E-state index < -0.39 is 0 Å². The molecule has 0 aromatic carbocycles. The highest BCUT2D eigenvalue weighted by atomic mass is 35.5. The van der Waals surface area contributed by atoms with Crippen LogP contribution in [0.25, 0.3) is 0 Å². The van der Waals surface area contributed by atoms with Crippen LogP contribution in [0.2, 0.25) is 0 Å². The third-order valence-corrected chi connectivity index (χ3v) is 1.42. The molecule has 0 aliphatic heterocycles. The van der Waals surface area contributed by atoms with Gasteiger partial charge in [0.2, 0.25) is 0 Å². The first-order chi connectivity index (χ1) is 4.35. The van der Waals surface area contributed by atoms with Crippen molar-refractivity contribution in [1.82, 2.24) is 0 Å². The Balaban J connectivity index is 3.33. The van der Waals surface area contributed by atoms with Gasteiger partial charge in [-0.1, -0.05) is 18.5 Å². The third kappa shape index (κ3) is 4.28. The maximum absolute atomic E-state index is 8.26. The average Bonchev–Trinajstić information content (AvgIpc) is 1.91. The van der Waals surface area contributed by atoms with Crippen LogP contribution in [-0.4, -0.2) is 16.8 Å². The largest absolute Gasteiger partial charge is 0.411 e. The number of unbranched alkanes of at least 4 members (excludes halogenated alkanes) is 1. The molecular formula is C6H12ClNO. The van der Waals surface area contributed by atoms with Crippen LogP contribution in [0.15, 0.2) is 5.16 Å². The maximum Gasteiger partial charge on any atom is 0.0718 e. The van der Waals surface area contributed by atoms with E-state index in [1.165, 1.54) is 0 Å². The van der Waals surface area contributed by atoms with Crippen molar-refractivity contribution in [2.45, 2.75) is 26.2 Å². The highest BCUT2D eigenvalue weighted by molar-refractivity contribution is 6.28. The van der Waals surface area contributed by atoms with E-state index in [4.69, 9.17) is 16.8 Å². The Morgan fingerprint density at radius 2 is 2.33 bits per heavy atom. The highest BCUT2D eigenvalue weighted by Crippen LogP contribution is 1.97. The van der Waals surface area contributed by atoms with Crippen LogP contribution in [0, 0.1) is 0 Å². The molecule has 0 spiro atoms. The zero-order valence-electron chi connectivity index (χ0n) is 5.60. The monoisotopic (exact) mass is 149 g/mol. The molecule has 0 radical (unpaired) electrons. The standard InChI is InChI=1S/C6H12ClNO/c1-2-3-4-6(5-7)8-9/h9H,2-5H2,1H3/b8-6-. The lowest BCUT2D eigenvalue weighted by atomic mass is 10.2. The highest BCUT2D eigenvalue weighted by Gasteiger charge is 1.94. The van der Waals surface area contributed by atoms with Crippen molar-refractivity contribution < 1.29 is 5.21 Å². The minimum Gasteiger partial charge on any atom is -0.411 e. The topological polar surface area (TPSA) is 32.6 Å². The van der Waals surface area contributed by atoms with E-state index in [-0.39, 0.29) is 0 Å². The summed E-state index contributed by atoms with van der Waals surface area (Å²) in [5.41, 5.74) is 0.679. The van der Waals surface area contributed by atoms with Crippen LogP contribution in [0.3, 0.4) is 0 Å². The summed E-state index contributed by atoms with van der Waals surface area (Å²) in [4.78, 5) is 0. The van der Waals surface area contributed by atoms with Gasteiger partial charge in [-0.2, -0.15) is 0 Å². The number of nitrogens with zero attached hydrogens (tertiary/aromatic N) is 1.